The molecule has 3 aromatic rings. The fraction of sp³-hybridized carbons (Fsp3) is 0.538. The predicted molar refractivity (Wildman–Crippen MR) is 137 cm³/mol. The van der Waals surface area contributed by atoms with Gasteiger partial charge in [0, 0.05) is 12.1 Å². The van der Waals surface area contributed by atoms with E-state index in [2.05, 4.69) is 20.2 Å². The van der Waals surface area contributed by atoms with E-state index >= 15 is 0 Å². The van der Waals surface area contributed by atoms with E-state index in [0.717, 1.165) is 42.0 Å². The molecule has 0 saturated heterocycles. The van der Waals surface area contributed by atoms with Gasteiger partial charge in [-0.15, -0.1) is 10.2 Å². The summed E-state index contributed by atoms with van der Waals surface area (Å²) < 4.78 is 41.2. The topological polar surface area (TPSA) is 109 Å². The van der Waals surface area contributed by atoms with Crippen molar-refractivity contribution in [2.24, 2.45) is 0 Å². The highest BCUT2D eigenvalue weighted by Gasteiger charge is 2.36. The molecule has 1 saturated carbocycles. The van der Waals surface area contributed by atoms with Gasteiger partial charge in [0.05, 0.1) is 41.7 Å². The number of nitrogens with zero attached hydrogens (tertiary/aromatic N) is 5. The summed E-state index contributed by atoms with van der Waals surface area (Å²) in [4.78, 5) is 8.72. The third kappa shape index (κ3) is 5.29. The highest BCUT2D eigenvalue weighted by atomic mass is 32.2. The molecule has 0 unspecified atom stereocenters. The average molecular weight is 514 g/mol. The van der Waals surface area contributed by atoms with Crippen LogP contribution in [0.25, 0.3) is 5.69 Å². The zero-order valence-corrected chi connectivity index (χ0v) is 22.6. The molecular formula is C26H35N5O4S. The van der Waals surface area contributed by atoms with Crippen molar-refractivity contribution in [2.45, 2.75) is 83.0 Å². The summed E-state index contributed by atoms with van der Waals surface area (Å²) in [6.45, 7) is 9.22. The van der Waals surface area contributed by atoms with Crippen LogP contribution < -0.4 is 4.74 Å². The third-order valence-electron chi connectivity index (χ3n) is 6.70. The molecule has 0 spiro atoms. The van der Waals surface area contributed by atoms with Crippen LogP contribution >= 0.6 is 0 Å². The smallest absolute Gasteiger partial charge is 0.163 e. The van der Waals surface area contributed by atoms with Crippen molar-refractivity contribution in [1.82, 2.24) is 24.7 Å². The molecule has 2 heterocycles. The normalized spacial score (nSPS) is 16.1. The van der Waals surface area contributed by atoms with Gasteiger partial charge in [0.15, 0.2) is 15.7 Å². The summed E-state index contributed by atoms with van der Waals surface area (Å²) in [6.07, 6.45) is 5.39. The Morgan fingerprint density at radius 3 is 2.42 bits per heavy atom. The van der Waals surface area contributed by atoms with Crippen LogP contribution in [0.15, 0.2) is 30.6 Å². The maximum Gasteiger partial charge on any atom is 0.163 e. The average Bonchev–Trinajstić information content (AvgIpc) is 3.17. The van der Waals surface area contributed by atoms with E-state index in [-0.39, 0.29) is 17.8 Å². The van der Waals surface area contributed by atoms with E-state index in [0.29, 0.717) is 17.3 Å². The van der Waals surface area contributed by atoms with Gasteiger partial charge in [-0.05, 0) is 59.1 Å². The minimum atomic E-state index is -3.74. The number of ether oxygens (including phenoxy) is 2. The second kappa shape index (κ2) is 10.6. The third-order valence-corrected chi connectivity index (χ3v) is 8.74. The first-order chi connectivity index (χ1) is 17.1. The van der Waals surface area contributed by atoms with E-state index < -0.39 is 21.2 Å². The molecular weight excluding hydrogens is 478 g/mol. The number of methoxy groups -OCH3 is 1. The summed E-state index contributed by atoms with van der Waals surface area (Å²) in [5.74, 6) is 1.76. The molecule has 1 aromatic carbocycles. The van der Waals surface area contributed by atoms with Crippen molar-refractivity contribution in [1.29, 1.82) is 0 Å². The molecule has 0 bridgehead atoms. The van der Waals surface area contributed by atoms with Gasteiger partial charge in [-0.1, -0.05) is 18.6 Å². The lowest BCUT2D eigenvalue weighted by molar-refractivity contribution is 0.00383. The van der Waals surface area contributed by atoms with Gasteiger partial charge >= 0.3 is 0 Å². The number of rotatable bonds is 10. The van der Waals surface area contributed by atoms with Gasteiger partial charge in [-0.25, -0.2) is 8.42 Å². The standard InChI is InChI=1S/C26H35N5O4S/c1-16(2)35-25(21-14-27-18(4)13-28-21)19(5)36(32,33)15-23-29-30-26(20-10-8-11-20)31(23)24-17(3)9-7-12-22(24)34-6/h7,9,12-14,16,19-20,25H,8,10-11,15H2,1-6H3/t19-,25+/m0/s1. The number of benzene rings is 1. The lowest BCUT2D eigenvalue weighted by Gasteiger charge is -2.27. The van der Waals surface area contributed by atoms with Gasteiger partial charge in [0.2, 0.25) is 0 Å². The first kappa shape index (κ1) is 26.2. The van der Waals surface area contributed by atoms with E-state index in [4.69, 9.17) is 9.47 Å². The molecule has 1 fully saturated rings. The van der Waals surface area contributed by atoms with Crippen molar-refractivity contribution >= 4 is 9.84 Å². The molecule has 10 heteroatoms. The molecule has 0 aliphatic heterocycles. The molecule has 2 atom stereocenters. The summed E-state index contributed by atoms with van der Waals surface area (Å²) >= 11 is 0. The lowest BCUT2D eigenvalue weighted by atomic mass is 9.84. The molecule has 0 radical (unpaired) electrons. The zero-order chi connectivity index (χ0) is 26.0. The number of aryl methyl sites for hydroxylation is 2. The molecule has 1 aliphatic rings. The van der Waals surface area contributed by atoms with Crippen LogP contribution in [0.5, 0.6) is 5.75 Å². The maximum absolute atomic E-state index is 13.8. The highest BCUT2D eigenvalue weighted by Crippen LogP contribution is 2.39. The van der Waals surface area contributed by atoms with Crippen LogP contribution in [-0.4, -0.2) is 51.6 Å². The molecule has 4 rings (SSSR count). The Hall–Kier alpha value is -2.85. The number of hydrogen-bond donors (Lipinski definition) is 0. The van der Waals surface area contributed by atoms with Crippen LogP contribution in [0.1, 0.15) is 80.7 Å². The van der Waals surface area contributed by atoms with E-state index in [1.54, 1.807) is 26.4 Å². The quantitative estimate of drug-likeness (QED) is 0.392. The van der Waals surface area contributed by atoms with Gasteiger partial charge < -0.3 is 9.47 Å². The largest absolute Gasteiger partial charge is 0.495 e. The minimum Gasteiger partial charge on any atom is -0.495 e. The molecule has 1 aliphatic carbocycles. The summed E-state index contributed by atoms with van der Waals surface area (Å²) in [5, 5.41) is 7.99. The minimum absolute atomic E-state index is 0.194. The Labute approximate surface area is 213 Å². The Balaban J connectivity index is 1.75. The Bertz CT molecular complexity index is 1300. The van der Waals surface area contributed by atoms with Gasteiger partial charge in [-0.2, -0.15) is 0 Å². The fourth-order valence-corrected chi connectivity index (χ4v) is 5.83. The summed E-state index contributed by atoms with van der Waals surface area (Å²) in [6, 6.07) is 5.77. The monoisotopic (exact) mass is 513 g/mol. The van der Waals surface area contributed by atoms with E-state index in [1.807, 2.05) is 50.5 Å². The first-order valence-electron chi connectivity index (χ1n) is 12.4. The fourth-order valence-electron chi connectivity index (χ4n) is 4.44. The number of sulfone groups is 1. The molecule has 0 N–H and O–H groups in total. The van der Waals surface area contributed by atoms with Crippen molar-refractivity contribution in [3.8, 4) is 11.4 Å². The molecule has 194 valence electrons. The van der Waals surface area contributed by atoms with Crippen LogP contribution in [0.3, 0.4) is 0 Å². The van der Waals surface area contributed by atoms with Crippen molar-refractivity contribution in [3.05, 3.63) is 59.2 Å². The van der Waals surface area contributed by atoms with Gasteiger partial charge in [-0.3, -0.25) is 14.5 Å². The SMILES string of the molecule is COc1cccc(C)c1-n1c(CS(=O)(=O)[C@@H](C)[C@@H](OC(C)C)c2cnc(C)cn2)nnc1C1CCC1. The van der Waals surface area contributed by atoms with Crippen LogP contribution in [0, 0.1) is 13.8 Å². The Morgan fingerprint density at radius 2 is 1.83 bits per heavy atom. The molecule has 0 amide bonds. The Kier molecular flexibility index (Phi) is 7.75. The van der Waals surface area contributed by atoms with Crippen LogP contribution in [0.4, 0.5) is 0 Å². The first-order valence-corrected chi connectivity index (χ1v) is 14.1. The van der Waals surface area contributed by atoms with Crippen molar-refractivity contribution in [2.75, 3.05) is 7.11 Å². The summed E-state index contributed by atoms with van der Waals surface area (Å²) in [7, 11) is -2.13. The summed E-state index contributed by atoms with van der Waals surface area (Å²) in [5.41, 5.74) is 2.98. The zero-order valence-electron chi connectivity index (χ0n) is 21.8. The van der Waals surface area contributed by atoms with Crippen LogP contribution in [0.2, 0.25) is 0 Å². The van der Waals surface area contributed by atoms with Crippen molar-refractivity contribution < 1.29 is 17.9 Å². The molecule has 36 heavy (non-hydrogen) atoms. The molecule has 9 nitrogen and oxygen atoms in total. The van der Waals surface area contributed by atoms with Crippen molar-refractivity contribution in [3.63, 3.8) is 0 Å². The lowest BCUT2D eigenvalue weighted by Crippen LogP contribution is -2.31. The number of aromatic nitrogens is 5. The van der Waals surface area contributed by atoms with Gasteiger partial charge in [0.1, 0.15) is 23.4 Å². The van der Waals surface area contributed by atoms with Gasteiger partial charge in [0.25, 0.3) is 0 Å². The highest BCUT2D eigenvalue weighted by molar-refractivity contribution is 7.91. The molecule has 2 aromatic heterocycles. The number of hydrogen-bond acceptors (Lipinski definition) is 8. The second-order valence-corrected chi connectivity index (χ2v) is 12.1. The van der Waals surface area contributed by atoms with Crippen LogP contribution in [-0.2, 0) is 20.3 Å². The van der Waals surface area contributed by atoms with E-state index in [1.165, 1.54) is 0 Å². The second-order valence-electron chi connectivity index (χ2n) is 9.76. The number of para-hydroxylation sites is 1. The Morgan fingerprint density at radius 1 is 1.08 bits per heavy atom. The van der Waals surface area contributed by atoms with E-state index in [9.17, 15) is 8.42 Å². The predicted octanol–water partition coefficient (Wildman–Crippen LogP) is 4.42. The maximum atomic E-state index is 13.8.